The molecule has 0 aliphatic heterocycles. The molecule has 0 fully saturated rings. The van der Waals surface area contributed by atoms with Gasteiger partial charge in [-0.15, -0.1) is 0 Å². The van der Waals surface area contributed by atoms with Crippen LogP contribution in [-0.4, -0.2) is 24.0 Å². The first-order chi connectivity index (χ1) is 18.8. The predicted molar refractivity (Wildman–Crippen MR) is 178 cm³/mol. The van der Waals surface area contributed by atoms with Gasteiger partial charge >= 0.3 is 21.7 Å². The molecule has 0 atom stereocenters. The van der Waals surface area contributed by atoms with Crippen LogP contribution in [0.2, 0.25) is 0 Å². The van der Waals surface area contributed by atoms with Crippen LogP contribution in [0.4, 0.5) is 0 Å². The normalized spacial score (nSPS) is 12.8. The molecule has 2 heteroatoms. The fourth-order valence-electron chi connectivity index (χ4n) is 4.42. The summed E-state index contributed by atoms with van der Waals surface area (Å²) in [5.41, 5.74) is 7.14. The number of rotatable bonds is 12. The Balaban J connectivity index is 0.000000795. The van der Waals surface area contributed by atoms with Crippen LogP contribution in [0.1, 0.15) is 110 Å². The Morgan fingerprint density at radius 3 is 1.65 bits per heavy atom. The van der Waals surface area contributed by atoms with E-state index < -0.39 is 0 Å². The van der Waals surface area contributed by atoms with E-state index in [0.717, 1.165) is 13.0 Å². The van der Waals surface area contributed by atoms with Crippen LogP contribution in [0.15, 0.2) is 97.1 Å². The standard InChI is InChI=1S/C23H27N.C10H22.C5H8.Ti/c1-23(2,3)24(4)17-18-15-21(19-11-7-5-8-12-19)22(16-18)20-13-9-6-10-14-20;1-3-5-7-9-10-8-6-4-2;1-3-5-4-2;/h5-15H,16-17H2,1-4H3;3-10H2,1-2H3;3-5H,1H2,2H3;/q;;;+2. The van der Waals surface area contributed by atoms with Gasteiger partial charge in [-0.1, -0.05) is 162 Å². The smallest absolute Gasteiger partial charge is 0.298 e. The number of allylic oxidation sites excluding steroid dienone is 6. The molecule has 0 aromatic heterocycles. The van der Waals surface area contributed by atoms with Crippen LogP contribution in [0, 0.1) is 0 Å². The first kappa shape index (κ1) is 38.1. The summed E-state index contributed by atoms with van der Waals surface area (Å²) in [5, 5.41) is 0. The Hall–Kier alpha value is -1.93. The number of benzene rings is 2. The van der Waals surface area contributed by atoms with Gasteiger partial charge in [0.05, 0.1) is 0 Å². The van der Waals surface area contributed by atoms with Gasteiger partial charge in [0.15, 0.2) is 0 Å². The Labute approximate surface area is 263 Å². The van der Waals surface area contributed by atoms with E-state index in [0.29, 0.717) is 0 Å². The van der Waals surface area contributed by atoms with Crippen molar-refractivity contribution in [3.05, 3.63) is 108 Å². The number of likely N-dealkylation sites (N-methyl/N-ethyl adjacent to an activating group) is 1. The molecule has 0 unspecified atom stereocenters. The van der Waals surface area contributed by atoms with Crippen molar-refractivity contribution >= 4 is 11.1 Å². The second-order valence-electron chi connectivity index (χ2n) is 11.5. The Morgan fingerprint density at radius 1 is 0.775 bits per heavy atom. The predicted octanol–water partition coefficient (Wildman–Crippen LogP) is 11.6. The third kappa shape index (κ3) is 15.8. The van der Waals surface area contributed by atoms with Gasteiger partial charge in [-0.25, -0.2) is 0 Å². The van der Waals surface area contributed by atoms with Gasteiger partial charge in [0.1, 0.15) is 0 Å². The van der Waals surface area contributed by atoms with Gasteiger partial charge < -0.3 is 0 Å². The molecular weight excluding hydrogens is 518 g/mol. The molecule has 1 aliphatic carbocycles. The summed E-state index contributed by atoms with van der Waals surface area (Å²) in [5.74, 6) is 0. The number of hydrogen-bond acceptors (Lipinski definition) is 1. The zero-order valence-electron chi connectivity index (χ0n) is 26.8. The first-order valence-corrected chi connectivity index (χ1v) is 15.3. The summed E-state index contributed by atoms with van der Waals surface area (Å²) >= 11 is 0. The third-order valence-electron chi connectivity index (χ3n) is 7.16. The van der Waals surface area contributed by atoms with E-state index in [1.54, 1.807) is 6.08 Å². The van der Waals surface area contributed by atoms with E-state index in [1.165, 1.54) is 79.2 Å². The average Bonchev–Trinajstić information content (AvgIpc) is 3.36. The van der Waals surface area contributed by atoms with Gasteiger partial charge in [0.25, 0.3) is 0 Å². The molecule has 216 valence electrons. The molecule has 3 rings (SSSR count). The van der Waals surface area contributed by atoms with Gasteiger partial charge in [-0.05, 0) is 63.4 Å². The van der Waals surface area contributed by atoms with Gasteiger partial charge in [0, 0.05) is 12.1 Å². The van der Waals surface area contributed by atoms with Gasteiger partial charge in [-0.3, -0.25) is 4.90 Å². The van der Waals surface area contributed by atoms with E-state index >= 15 is 0 Å². The van der Waals surface area contributed by atoms with Crippen LogP contribution in [0.3, 0.4) is 0 Å². The van der Waals surface area contributed by atoms with E-state index in [-0.39, 0.29) is 27.3 Å². The van der Waals surface area contributed by atoms with Crippen LogP contribution < -0.4 is 0 Å². The zero-order valence-corrected chi connectivity index (χ0v) is 28.4. The van der Waals surface area contributed by atoms with Gasteiger partial charge in [0.2, 0.25) is 0 Å². The fourth-order valence-corrected chi connectivity index (χ4v) is 4.42. The van der Waals surface area contributed by atoms with E-state index in [4.69, 9.17) is 0 Å². The number of nitrogens with zero attached hydrogens (tertiary/aromatic N) is 1. The zero-order chi connectivity index (χ0) is 28.9. The summed E-state index contributed by atoms with van der Waals surface area (Å²) in [6.45, 7) is 17.8. The van der Waals surface area contributed by atoms with E-state index in [2.05, 4.69) is 120 Å². The molecular formula is C38H57NTi+2. The minimum absolute atomic E-state index is 0. The van der Waals surface area contributed by atoms with Gasteiger partial charge in [-0.2, -0.15) is 0 Å². The molecule has 0 amide bonds. The van der Waals surface area contributed by atoms with Crippen LogP contribution >= 0.6 is 0 Å². The molecule has 0 saturated heterocycles. The molecule has 0 N–H and O–H groups in total. The summed E-state index contributed by atoms with van der Waals surface area (Å²) in [6.07, 6.45) is 20.5. The molecule has 0 saturated carbocycles. The second-order valence-corrected chi connectivity index (χ2v) is 11.5. The van der Waals surface area contributed by atoms with Crippen LogP contribution in [-0.2, 0) is 21.7 Å². The second kappa shape index (κ2) is 22.7. The molecule has 1 aliphatic rings. The summed E-state index contributed by atoms with van der Waals surface area (Å²) < 4.78 is 0. The molecule has 0 heterocycles. The Bertz CT molecular complexity index is 985. The van der Waals surface area contributed by atoms with E-state index in [9.17, 15) is 0 Å². The minimum atomic E-state index is 0. The minimum Gasteiger partial charge on any atom is -0.298 e. The van der Waals surface area contributed by atoms with Crippen LogP contribution in [0.5, 0.6) is 0 Å². The number of unbranched alkanes of at least 4 members (excludes halogenated alkanes) is 7. The van der Waals surface area contributed by atoms with Crippen molar-refractivity contribution < 1.29 is 21.7 Å². The topological polar surface area (TPSA) is 3.24 Å². The van der Waals surface area contributed by atoms with Crippen molar-refractivity contribution in [2.45, 2.75) is 105 Å². The molecule has 0 bridgehead atoms. The SMILES string of the molecule is C=CC=CC.CCCCCCCCCC.CN(CC1=CC(c2ccccc2)=C(c2ccccc2)C1)C(C)(C)C.[Ti+2]. The quantitative estimate of drug-likeness (QED) is 0.138. The monoisotopic (exact) mass is 575 g/mol. The van der Waals surface area contributed by atoms with Crippen molar-refractivity contribution in [3.63, 3.8) is 0 Å². The van der Waals surface area contributed by atoms with E-state index in [1.807, 2.05) is 19.1 Å². The largest absolute Gasteiger partial charge is 2.00 e. The summed E-state index contributed by atoms with van der Waals surface area (Å²) in [6, 6.07) is 21.5. The molecule has 2 aromatic carbocycles. The van der Waals surface area contributed by atoms with Crippen molar-refractivity contribution in [2.24, 2.45) is 0 Å². The molecule has 40 heavy (non-hydrogen) atoms. The maximum atomic E-state index is 3.46. The average molecular weight is 576 g/mol. The summed E-state index contributed by atoms with van der Waals surface area (Å²) in [7, 11) is 2.21. The van der Waals surface area contributed by atoms with Crippen molar-refractivity contribution in [2.75, 3.05) is 13.6 Å². The van der Waals surface area contributed by atoms with Crippen molar-refractivity contribution in [3.8, 4) is 0 Å². The third-order valence-corrected chi connectivity index (χ3v) is 7.16. The van der Waals surface area contributed by atoms with Crippen molar-refractivity contribution in [1.29, 1.82) is 0 Å². The molecule has 1 nitrogen and oxygen atoms in total. The molecule has 0 spiro atoms. The first-order valence-electron chi connectivity index (χ1n) is 15.3. The Kier molecular flexibility index (Phi) is 21.6. The van der Waals surface area contributed by atoms with Crippen molar-refractivity contribution in [1.82, 2.24) is 4.90 Å². The maximum absolute atomic E-state index is 3.46. The molecule has 2 aromatic rings. The van der Waals surface area contributed by atoms with Crippen LogP contribution in [0.25, 0.3) is 11.1 Å². The Morgan fingerprint density at radius 2 is 1.25 bits per heavy atom. The molecule has 0 radical (unpaired) electrons. The number of hydrogen-bond donors (Lipinski definition) is 0. The fraction of sp³-hybridized carbons (Fsp3) is 0.474. The summed E-state index contributed by atoms with van der Waals surface area (Å²) in [4.78, 5) is 2.43. The maximum Gasteiger partial charge on any atom is 2.00 e.